The predicted molar refractivity (Wildman–Crippen MR) is 37.1 cm³/mol. The molecule has 1 rings (SSSR count). The zero-order valence-electron chi connectivity index (χ0n) is 5.25. The van der Waals surface area contributed by atoms with Gasteiger partial charge in [-0.3, -0.25) is 6.08 Å². The minimum Gasteiger partial charge on any atom is -0.273 e. The van der Waals surface area contributed by atoms with E-state index in [1.54, 1.807) is 0 Å². The molecule has 52 valence electrons. The molecule has 0 aliphatic heterocycles. The number of hydrogen-bond donors (Lipinski definition) is 0. The van der Waals surface area contributed by atoms with Crippen molar-refractivity contribution in [3.05, 3.63) is 43.9 Å². The van der Waals surface area contributed by atoms with E-state index in [1.165, 1.54) is 6.08 Å². The molecule has 0 saturated carbocycles. The number of allylic oxidation sites excluding steroid dienone is 5. The first-order valence-electron chi connectivity index (χ1n) is 2.53. The molecule has 1 heteroatoms. The van der Waals surface area contributed by atoms with Gasteiger partial charge in [0.05, 0.1) is 0 Å². The van der Waals surface area contributed by atoms with Crippen molar-refractivity contribution < 1.29 is 16.5 Å². The van der Waals surface area contributed by atoms with Gasteiger partial charge in [0, 0.05) is 0 Å². The van der Waals surface area contributed by atoms with E-state index < -0.39 is 0 Å². The standard InChI is InChI=1S/C5H5.C3H5.Ni/c1-2-4-5-3-1;1-3-2;/h1-3H,4H2;3H,1-2H2;/q2*-1;+2. The van der Waals surface area contributed by atoms with Crippen LogP contribution in [0.4, 0.5) is 0 Å². The van der Waals surface area contributed by atoms with Crippen molar-refractivity contribution in [2.24, 2.45) is 0 Å². The zero-order valence-corrected chi connectivity index (χ0v) is 6.23. The van der Waals surface area contributed by atoms with Crippen LogP contribution in [0.25, 0.3) is 0 Å². The van der Waals surface area contributed by atoms with Crippen molar-refractivity contribution in [3.63, 3.8) is 0 Å². The Morgan fingerprint density at radius 3 is 2.33 bits per heavy atom. The summed E-state index contributed by atoms with van der Waals surface area (Å²) in [6.45, 7) is 6.50. The van der Waals surface area contributed by atoms with Crippen molar-refractivity contribution >= 4 is 0 Å². The normalized spacial score (nSPS) is 11.1. The number of rotatable bonds is 0. The molecule has 0 aromatic heterocycles. The Morgan fingerprint density at radius 1 is 1.67 bits per heavy atom. The molecular formula is C8H10Ni. The minimum absolute atomic E-state index is 0. The fourth-order valence-corrected chi connectivity index (χ4v) is 0.340. The first-order valence-corrected chi connectivity index (χ1v) is 2.53. The van der Waals surface area contributed by atoms with Crippen molar-refractivity contribution in [2.75, 3.05) is 0 Å². The predicted octanol–water partition coefficient (Wildman–Crippen LogP) is 2.31. The largest absolute Gasteiger partial charge is 2.00 e. The molecule has 0 bridgehead atoms. The molecule has 0 aromatic rings. The van der Waals surface area contributed by atoms with Crippen LogP contribution in [0.3, 0.4) is 0 Å². The van der Waals surface area contributed by atoms with E-state index in [1.807, 2.05) is 12.2 Å². The van der Waals surface area contributed by atoms with E-state index in [0.717, 1.165) is 6.42 Å². The molecule has 0 unspecified atom stereocenters. The van der Waals surface area contributed by atoms with E-state index in [2.05, 4.69) is 25.7 Å². The van der Waals surface area contributed by atoms with Gasteiger partial charge < -0.3 is 0 Å². The molecule has 0 fully saturated rings. The average molecular weight is 165 g/mol. The summed E-state index contributed by atoms with van der Waals surface area (Å²) >= 11 is 0. The van der Waals surface area contributed by atoms with Gasteiger partial charge in [-0.05, 0) is 0 Å². The second kappa shape index (κ2) is 10.5. The van der Waals surface area contributed by atoms with Gasteiger partial charge in [-0.2, -0.15) is 6.08 Å². The van der Waals surface area contributed by atoms with E-state index in [9.17, 15) is 0 Å². The summed E-state index contributed by atoms with van der Waals surface area (Å²) in [4.78, 5) is 0. The maximum Gasteiger partial charge on any atom is 2.00 e. The van der Waals surface area contributed by atoms with Crippen LogP contribution in [0.2, 0.25) is 0 Å². The molecule has 9 heavy (non-hydrogen) atoms. The summed E-state index contributed by atoms with van der Waals surface area (Å²) in [6, 6.07) is 0. The Kier molecular flexibility index (Phi) is 13.3. The van der Waals surface area contributed by atoms with E-state index in [0.29, 0.717) is 0 Å². The smallest absolute Gasteiger partial charge is 0.273 e. The van der Waals surface area contributed by atoms with Gasteiger partial charge in [0.15, 0.2) is 0 Å². The second-order valence-electron chi connectivity index (χ2n) is 1.29. The fourth-order valence-electron chi connectivity index (χ4n) is 0.340. The van der Waals surface area contributed by atoms with Gasteiger partial charge in [-0.15, -0.1) is 6.42 Å². The fraction of sp³-hybridized carbons (Fsp3) is 0.125. The summed E-state index contributed by atoms with van der Waals surface area (Å²) in [5.74, 6) is 0. The molecule has 1 aliphatic rings. The third-order valence-electron chi connectivity index (χ3n) is 0.586. The Labute approximate surface area is 67.3 Å². The summed E-state index contributed by atoms with van der Waals surface area (Å²) in [5, 5.41) is 0. The number of hydrogen-bond acceptors (Lipinski definition) is 0. The maximum absolute atomic E-state index is 3.25. The van der Waals surface area contributed by atoms with Crippen LogP contribution in [0.1, 0.15) is 6.42 Å². The molecule has 0 nitrogen and oxygen atoms in total. The molecule has 0 amide bonds. The Hall–Kier alpha value is -0.416. The molecule has 0 N–H and O–H groups in total. The third-order valence-corrected chi connectivity index (χ3v) is 0.586. The van der Waals surface area contributed by atoms with Gasteiger partial charge in [0.2, 0.25) is 0 Å². The van der Waals surface area contributed by atoms with Crippen molar-refractivity contribution in [3.8, 4) is 0 Å². The molecule has 0 radical (unpaired) electrons. The zero-order chi connectivity index (χ0) is 6.24. The summed E-state index contributed by atoms with van der Waals surface area (Å²) in [6.07, 6.45) is 11.5. The first kappa shape index (κ1) is 11.4. The SMILES string of the molecule is C=C[CH2-].[C-]1=CC=CC1.[Ni+2]. The Balaban J connectivity index is 0. The third kappa shape index (κ3) is 11.3. The van der Waals surface area contributed by atoms with Crippen LogP contribution in [-0.2, 0) is 16.5 Å². The second-order valence-corrected chi connectivity index (χ2v) is 1.29. The topological polar surface area (TPSA) is 0 Å². The molecule has 0 heterocycles. The first-order chi connectivity index (χ1) is 3.91. The maximum atomic E-state index is 3.25. The quantitative estimate of drug-likeness (QED) is 0.381. The summed E-state index contributed by atoms with van der Waals surface area (Å²) < 4.78 is 0. The van der Waals surface area contributed by atoms with Crippen LogP contribution in [0.5, 0.6) is 0 Å². The molecule has 0 saturated heterocycles. The molecular weight excluding hydrogens is 155 g/mol. The van der Waals surface area contributed by atoms with Gasteiger partial charge in [0.1, 0.15) is 0 Å². The Morgan fingerprint density at radius 2 is 2.22 bits per heavy atom. The molecule has 0 atom stereocenters. The van der Waals surface area contributed by atoms with Crippen LogP contribution in [-0.4, -0.2) is 0 Å². The summed E-state index contributed by atoms with van der Waals surface area (Å²) in [5.41, 5.74) is 0. The van der Waals surface area contributed by atoms with Crippen molar-refractivity contribution in [1.29, 1.82) is 0 Å². The monoisotopic (exact) mass is 164 g/mol. The van der Waals surface area contributed by atoms with Gasteiger partial charge in [-0.1, -0.05) is 0 Å². The van der Waals surface area contributed by atoms with E-state index >= 15 is 0 Å². The van der Waals surface area contributed by atoms with Crippen LogP contribution in [0, 0.1) is 13.0 Å². The van der Waals surface area contributed by atoms with E-state index in [4.69, 9.17) is 0 Å². The molecule has 1 aliphatic carbocycles. The Bertz CT molecular complexity index is 91.1. The molecule has 0 spiro atoms. The molecule has 0 aromatic carbocycles. The van der Waals surface area contributed by atoms with Gasteiger partial charge in [-0.25, -0.2) is 31.7 Å². The summed E-state index contributed by atoms with van der Waals surface area (Å²) in [7, 11) is 0. The van der Waals surface area contributed by atoms with Crippen molar-refractivity contribution in [1.82, 2.24) is 0 Å². The minimum atomic E-state index is 0. The average Bonchev–Trinajstić information content (AvgIpc) is 2.17. The van der Waals surface area contributed by atoms with Crippen LogP contribution < -0.4 is 0 Å². The van der Waals surface area contributed by atoms with Crippen molar-refractivity contribution in [2.45, 2.75) is 6.42 Å². The van der Waals surface area contributed by atoms with Crippen LogP contribution in [0.15, 0.2) is 30.9 Å². The van der Waals surface area contributed by atoms with Gasteiger partial charge in [0.25, 0.3) is 0 Å². The van der Waals surface area contributed by atoms with E-state index in [-0.39, 0.29) is 16.5 Å². The van der Waals surface area contributed by atoms with Crippen LogP contribution >= 0.6 is 0 Å². The van der Waals surface area contributed by atoms with Gasteiger partial charge >= 0.3 is 16.5 Å².